The third-order valence-electron chi connectivity index (χ3n) is 5.68. The maximum absolute atomic E-state index is 12.6. The zero-order valence-corrected chi connectivity index (χ0v) is 17.4. The zero-order valence-electron chi connectivity index (χ0n) is 16.5. The number of rotatable bonds is 6. The maximum atomic E-state index is 12.6. The number of hydrogen-bond acceptors (Lipinski definition) is 5. The quantitative estimate of drug-likeness (QED) is 0.715. The molecule has 0 aliphatic carbocycles. The van der Waals surface area contributed by atoms with Crippen molar-refractivity contribution < 1.29 is 9.90 Å². The van der Waals surface area contributed by atoms with Crippen molar-refractivity contribution in [1.82, 2.24) is 9.80 Å². The molecule has 3 heterocycles. The van der Waals surface area contributed by atoms with Crippen molar-refractivity contribution in [3.63, 3.8) is 0 Å². The van der Waals surface area contributed by atoms with Crippen molar-refractivity contribution in [1.29, 1.82) is 0 Å². The summed E-state index contributed by atoms with van der Waals surface area (Å²) in [6.45, 7) is 7.78. The highest BCUT2D eigenvalue weighted by Crippen LogP contribution is 2.31. The highest BCUT2D eigenvalue weighted by molar-refractivity contribution is 7.14. The number of phenols is 1. The normalized spacial score (nSPS) is 18.0. The molecular formula is C22H29N3O2S. The second-order valence-electron chi connectivity index (χ2n) is 7.97. The van der Waals surface area contributed by atoms with Crippen molar-refractivity contribution in [3.05, 3.63) is 45.1 Å². The Bertz CT molecular complexity index is 797. The van der Waals surface area contributed by atoms with Crippen LogP contribution in [-0.4, -0.2) is 47.0 Å². The van der Waals surface area contributed by atoms with Crippen LogP contribution in [0.25, 0.3) is 0 Å². The first-order chi connectivity index (χ1) is 13.6. The van der Waals surface area contributed by atoms with E-state index in [1.807, 2.05) is 31.2 Å². The van der Waals surface area contributed by atoms with Gasteiger partial charge in [0.15, 0.2) is 0 Å². The topological polar surface area (TPSA) is 55.8 Å². The molecule has 2 N–H and O–H groups in total. The molecule has 1 aromatic heterocycles. The van der Waals surface area contributed by atoms with E-state index >= 15 is 0 Å². The first-order valence-corrected chi connectivity index (χ1v) is 11.1. The second kappa shape index (κ2) is 8.64. The number of carbonyl (C=O) groups is 1. The number of amides is 1. The van der Waals surface area contributed by atoms with Crippen LogP contribution < -0.4 is 5.32 Å². The van der Waals surface area contributed by atoms with Crippen LogP contribution >= 0.6 is 11.3 Å². The molecule has 2 fully saturated rings. The molecule has 0 unspecified atom stereocenters. The summed E-state index contributed by atoms with van der Waals surface area (Å²) >= 11 is 1.50. The number of benzene rings is 1. The Balaban J connectivity index is 1.58. The van der Waals surface area contributed by atoms with Crippen LogP contribution in [0.15, 0.2) is 24.3 Å². The van der Waals surface area contributed by atoms with Gasteiger partial charge >= 0.3 is 0 Å². The van der Waals surface area contributed by atoms with E-state index in [0.717, 1.165) is 61.0 Å². The molecule has 2 saturated heterocycles. The van der Waals surface area contributed by atoms with Crippen LogP contribution in [0.4, 0.5) is 5.69 Å². The van der Waals surface area contributed by atoms with E-state index < -0.39 is 0 Å². The van der Waals surface area contributed by atoms with E-state index in [1.165, 1.54) is 37.0 Å². The van der Waals surface area contributed by atoms with Gasteiger partial charge in [0.1, 0.15) is 5.75 Å². The van der Waals surface area contributed by atoms with Crippen molar-refractivity contribution >= 4 is 22.9 Å². The molecule has 0 saturated carbocycles. The number of phenolic OH excluding ortho intramolecular Hbond substituents is 1. The number of anilines is 1. The fraction of sp³-hybridized carbons (Fsp3) is 0.500. The van der Waals surface area contributed by atoms with Crippen molar-refractivity contribution in [2.45, 2.75) is 45.7 Å². The second-order valence-corrected chi connectivity index (χ2v) is 9.26. The van der Waals surface area contributed by atoms with E-state index in [1.54, 1.807) is 0 Å². The monoisotopic (exact) mass is 399 g/mol. The number of likely N-dealkylation sites (tertiary alicyclic amines) is 2. The third kappa shape index (κ3) is 4.57. The van der Waals surface area contributed by atoms with Gasteiger partial charge in [-0.2, -0.15) is 0 Å². The van der Waals surface area contributed by atoms with Crippen LogP contribution in [0.5, 0.6) is 5.75 Å². The number of hydrogen-bond donors (Lipinski definition) is 2. The molecule has 150 valence electrons. The van der Waals surface area contributed by atoms with Crippen LogP contribution in [0.3, 0.4) is 0 Å². The SMILES string of the molecule is Cc1ccc(C(=O)Nc2cc(CN3CCCC3)c(O)c(CN3CCCC3)c2)s1. The predicted molar refractivity (Wildman–Crippen MR) is 114 cm³/mol. The average Bonchev–Trinajstić information content (AvgIpc) is 3.42. The molecule has 5 nitrogen and oxygen atoms in total. The first kappa shape index (κ1) is 19.4. The summed E-state index contributed by atoms with van der Waals surface area (Å²) in [6, 6.07) is 7.72. The van der Waals surface area contributed by atoms with Gasteiger partial charge in [-0.05, 0) is 83.1 Å². The van der Waals surface area contributed by atoms with E-state index in [2.05, 4.69) is 15.1 Å². The lowest BCUT2D eigenvalue weighted by Crippen LogP contribution is -2.21. The highest BCUT2D eigenvalue weighted by atomic mass is 32.1. The summed E-state index contributed by atoms with van der Waals surface area (Å²) in [4.78, 5) is 19.2. The van der Waals surface area contributed by atoms with Crippen LogP contribution in [0.2, 0.25) is 0 Å². The molecule has 0 radical (unpaired) electrons. The summed E-state index contributed by atoms with van der Waals surface area (Å²) < 4.78 is 0. The molecule has 2 aliphatic rings. The average molecular weight is 400 g/mol. The van der Waals surface area contributed by atoms with Gasteiger partial charge < -0.3 is 10.4 Å². The molecule has 0 spiro atoms. The Labute approximate surface area is 171 Å². The van der Waals surface area contributed by atoms with Gasteiger partial charge in [-0.25, -0.2) is 0 Å². The number of aromatic hydroxyl groups is 1. The molecule has 0 bridgehead atoms. The lowest BCUT2D eigenvalue weighted by atomic mass is 10.1. The summed E-state index contributed by atoms with van der Waals surface area (Å²) in [7, 11) is 0. The number of carbonyl (C=O) groups excluding carboxylic acids is 1. The minimum atomic E-state index is -0.0805. The Kier molecular flexibility index (Phi) is 5.99. The van der Waals surface area contributed by atoms with Gasteiger partial charge in [0.2, 0.25) is 0 Å². The summed E-state index contributed by atoms with van der Waals surface area (Å²) in [5.74, 6) is 0.312. The fourth-order valence-electron chi connectivity index (χ4n) is 4.19. The van der Waals surface area contributed by atoms with Gasteiger partial charge in [0, 0.05) is 34.8 Å². The minimum absolute atomic E-state index is 0.0805. The number of aryl methyl sites for hydroxylation is 1. The molecule has 2 aromatic rings. The molecule has 0 atom stereocenters. The Hall–Kier alpha value is -1.89. The van der Waals surface area contributed by atoms with Gasteiger partial charge in [-0.15, -0.1) is 11.3 Å². The number of thiophene rings is 1. The maximum Gasteiger partial charge on any atom is 0.265 e. The minimum Gasteiger partial charge on any atom is -0.507 e. The fourth-order valence-corrected chi connectivity index (χ4v) is 4.95. The van der Waals surface area contributed by atoms with Gasteiger partial charge in [0.25, 0.3) is 5.91 Å². The first-order valence-electron chi connectivity index (χ1n) is 10.3. The Morgan fingerprint density at radius 1 is 1.00 bits per heavy atom. The summed E-state index contributed by atoms with van der Waals surface area (Å²) in [6.07, 6.45) is 4.87. The molecule has 28 heavy (non-hydrogen) atoms. The predicted octanol–water partition coefficient (Wildman–Crippen LogP) is 4.21. The largest absolute Gasteiger partial charge is 0.507 e. The summed E-state index contributed by atoms with van der Waals surface area (Å²) in [5, 5.41) is 14.0. The van der Waals surface area contributed by atoms with E-state index in [-0.39, 0.29) is 5.91 Å². The lowest BCUT2D eigenvalue weighted by molar-refractivity contribution is 0.103. The van der Waals surface area contributed by atoms with Gasteiger partial charge in [-0.1, -0.05) is 0 Å². The van der Waals surface area contributed by atoms with Gasteiger partial charge in [0.05, 0.1) is 4.88 Å². The molecule has 6 heteroatoms. The highest BCUT2D eigenvalue weighted by Gasteiger charge is 2.20. The number of nitrogens with one attached hydrogen (secondary N) is 1. The van der Waals surface area contributed by atoms with E-state index in [9.17, 15) is 9.90 Å². The van der Waals surface area contributed by atoms with Crippen molar-refractivity contribution in [2.24, 2.45) is 0 Å². The zero-order chi connectivity index (χ0) is 19.5. The van der Waals surface area contributed by atoms with Crippen LogP contribution in [-0.2, 0) is 13.1 Å². The van der Waals surface area contributed by atoms with Gasteiger partial charge in [-0.3, -0.25) is 14.6 Å². The lowest BCUT2D eigenvalue weighted by Gasteiger charge is -2.21. The molecular weight excluding hydrogens is 370 g/mol. The van der Waals surface area contributed by atoms with Crippen LogP contribution in [0, 0.1) is 6.92 Å². The Morgan fingerprint density at radius 3 is 2.00 bits per heavy atom. The molecule has 4 rings (SSSR count). The standard InChI is InChI=1S/C22H29N3O2S/c1-16-6-7-20(28-16)22(27)23-19-12-17(14-24-8-2-3-9-24)21(26)18(13-19)15-25-10-4-5-11-25/h6-7,12-13,26H,2-5,8-11,14-15H2,1H3,(H,23,27). The van der Waals surface area contributed by atoms with Crippen molar-refractivity contribution in [3.8, 4) is 5.75 Å². The van der Waals surface area contributed by atoms with E-state index in [4.69, 9.17) is 0 Å². The van der Waals surface area contributed by atoms with Crippen LogP contribution in [0.1, 0.15) is 51.4 Å². The Morgan fingerprint density at radius 2 is 1.54 bits per heavy atom. The third-order valence-corrected chi connectivity index (χ3v) is 6.67. The van der Waals surface area contributed by atoms with E-state index in [0.29, 0.717) is 10.6 Å². The summed E-state index contributed by atoms with van der Waals surface area (Å²) in [5.41, 5.74) is 2.60. The number of nitrogens with zero attached hydrogens (tertiary/aromatic N) is 2. The van der Waals surface area contributed by atoms with Crippen molar-refractivity contribution in [2.75, 3.05) is 31.5 Å². The molecule has 1 amide bonds. The molecule has 2 aliphatic heterocycles. The molecule has 1 aromatic carbocycles. The smallest absolute Gasteiger partial charge is 0.265 e.